The Morgan fingerprint density at radius 2 is 1.78 bits per heavy atom. The minimum atomic E-state index is -1.17. The molecule has 0 unspecified atom stereocenters. The molecule has 0 bridgehead atoms. The maximum atomic E-state index is 12.7. The number of methoxy groups -OCH3 is 1. The monoisotopic (exact) mass is 368 g/mol. The van der Waals surface area contributed by atoms with Crippen molar-refractivity contribution in [3.63, 3.8) is 0 Å². The third kappa shape index (κ3) is 5.33. The lowest BCUT2D eigenvalue weighted by Gasteiger charge is -2.23. The molecule has 0 aliphatic heterocycles. The molecule has 2 rings (SSSR count). The number of amides is 2. The van der Waals surface area contributed by atoms with Gasteiger partial charge in [-0.15, -0.1) is 0 Å². The van der Waals surface area contributed by atoms with E-state index in [9.17, 15) is 9.59 Å². The molecular formula is C22H28N2O3. The zero-order valence-electron chi connectivity index (χ0n) is 16.5. The predicted octanol–water partition coefficient (Wildman–Crippen LogP) is 3.58. The van der Waals surface area contributed by atoms with Crippen LogP contribution in [0.3, 0.4) is 0 Å². The van der Waals surface area contributed by atoms with Crippen LogP contribution in [0.15, 0.2) is 48.5 Å². The van der Waals surface area contributed by atoms with Gasteiger partial charge in [0.15, 0.2) is 0 Å². The van der Waals surface area contributed by atoms with E-state index in [-0.39, 0.29) is 11.8 Å². The predicted molar refractivity (Wildman–Crippen MR) is 108 cm³/mol. The maximum Gasteiger partial charge on any atom is 0.239 e. The first-order valence-corrected chi connectivity index (χ1v) is 9.19. The van der Waals surface area contributed by atoms with Gasteiger partial charge in [0, 0.05) is 12.2 Å². The minimum Gasteiger partial charge on any atom is -0.497 e. The summed E-state index contributed by atoms with van der Waals surface area (Å²) >= 11 is 0. The van der Waals surface area contributed by atoms with Crippen LogP contribution in [0.1, 0.15) is 31.9 Å². The van der Waals surface area contributed by atoms with Gasteiger partial charge in [-0.25, -0.2) is 0 Å². The van der Waals surface area contributed by atoms with Crippen LogP contribution in [0.2, 0.25) is 0 Å². The van der Waals surface area contributed by atoms with Crippen LogP contribution in [0.4, 0.5) is 5.69 Å². The van der Waals surface area contributed by atoms with Crippen molar-refractivity contribution in [2.75, 3.05) is 19.0 Å². The smallest absolute Gasteiger partial charge is 0.239 e. The van der Waals surface area contributed by atoms with Crippen molar-refractivity contribution in [1.82, 2.24) is 5.32 Å². The van der Waals surface area contributed by atoms with Crippen LogP contribution in [-0.2, 0) is 22.4 Å². The number of hydrogen-bond donors (Lipinski definition) is 2. The van der Waals surface area contributed by atoms with E-state index in [1.54, 1.807) is 21.0 Å². The molecule has 144 valence electrons. The van der Waals surface area contributed by atoms with Crippen LogP contribution in [0.25, 0.3) is 0 Å². The number of hydrogen-bond acceptors (Lipinski definition) is 3. The largest absolute Gasteiger partial charge is 0.497 e. The van der Waals surface area contributed by atoms with Gasteiger partial charge < -0.3 is 15.4 Å². The van der Waals surface area contributed by atoms with Crippen molar-refractivity contribution < 1.29 is 14.3 Å². The topological polar surface area (TPSA) is 67.4 Å². The molecule has 2 N–H and O–H groups in total. The lowest BCUT2D eigenvalue weighted by atomic mass is 9.90. The first kappa shape index (κ1) is 20.5. The van der Waals surface area contributed by atoms with Gasteiger partial charge >= 0.3 is 0 Å². The van der Waals surface area contributed by atoms with Crippen molar-refractivity contribution in [3.8, 4) is 5.75 Å². The van der Waals surface area contributed by atoms with E-state index < -0.39 is 5.41 Å². The van der Waals surface area contributed by atoms with Crippen molar-refractivity contribution in [2.45, 2.75) is 33.6 Å². The van der Waals surface area contributed by atoms with Crippen molar-refractivity contribution >= 4 is 17.5 Å². The molecule has 5 heteroatoms. The van der Waals surface area contributed by atoms with E-state index in [1.807, 2.05) is 55.5 Å². The SMILES string of the molecule is CCc1ccccc1NC(=O)C(C)(C)C(=O)NCCc1cccc(OC)c1. The Kier molecular flexibility index (Phi) is 6.99. The zero-order valence-corrected chi connectivity index (χ0v) is 16.5. The van der Waals surface area contributed by atoms with Gasteiger partial charge in [0.25, 0.3) is 0 Å². The molecule has 0 atom stereocenters. The second kappa shape index (κ2) is 9.21. The quantitative estimate of drug-likeness (QED) is 0.700. The Balaban J connectivity index is 1.94. The molecule has 0 saturated carbocycles. The molecule has 2 aromatic rings. The summed E-state index contributed by atoms with van der Waals surface area (Å²) in [6.07, 6.45) is 1.48. The summed E-state index contributed by atoms with van der Waals surface area (Å²) in [6, 6.07) is 15.3. The maximum absolute atomic E-state index is 12.7. The van der Waals surface area contributed by atoms with Crippen LogP contribution < -0.4 is 15.4 Å². The molecule has 0 saturated heterocycles. The lowest BCUT2D eigenvalue weighted by molar-refractivity contribution is -0.138. The van der Waals surface area contributed by atoms with Crippen LogP contribution in [0.5, 0.6) is 5.75 Å². The summed E-state index contributed by atoms with van der Waals surface area (Å²) in [7, 11) is 1.62. The van der Waals surface area contributed by atoms with E-state index in [4.69, 9.17) is 4.74 Å². The average Bonchev–Trinajstić information content (AvgIpc) is 2.68. The van der Waals surface area contributed by atoms with Gasteiger partial charge in [0.05, 0.1) is 7.11 Å². The van der Waals surface area contributed by atoms with Crippen LogP contribution in [0, 0.1) is 5.41 Å². The van der Waals surface area contributed by atoms with Crippen molar-refractivity contribution in [1.29, 1.82) is 0 Å². The summed E-state index contributed by atoms with van der Waals surface area (Å²) in [4.78, 5) is 25.2. The van der Waals surface area contributed by atoms with E-state index in [0.717, 1.165) is 29.0 Å². The minimum absolute atomic E-state index is 0.295. The van der Waals surface area contributed by atoms with E-state index in [1.165, 1.54) is 0 Å². The number of ether oxygens (including phenoxy) is 1. The van der Waals surface area contributed by atoms with E-state index >= 15 is 0 Å². The molecule has 2 aromatic carbocycles. The van der Waals surface area contributed by atoms with Gasteiger partial charge in [-0.05, 0) is 56.0 Å². The number of aryl methyl sites for hydroxylation is 1. The standard InChI is InChI=1S/C22H28N2O3/c1-5-17-10-6-7-12-19(17)24-21(26)22(2,3)20(25)23-14-13-16-9-8-11-18(15-16)27-4/h6-12,15H,5,13-14H2,1-4H3,(H,23,25)(H,24,26). The van der Waals surface area contributed by atoms with Crippen LogP contribution in [-0.4, -0.2) is 25.5 Å². The molecule has 0 radical (unpaired) electrons. The zero-order chi connectivity index (χ0) is 19.9. The number of rotatable bonds is 8. The van der Waals surface area contributed by atoms with Gasteiger partial charge in [-0.2, -0.15) is 0 Å². The van der Waals surface area contributed by atoms with Gasteiger partial charge in [0.1, 0.15) is 11.2 Å². The van der Waals surface area contributed by atoms with Gasteiger partial charge in [-0.3, -0.25) is 9.59 Å². The highest BCUT2D eigenvalue weighted by Crippen LogP contribution is 2.22. The summed E-state index contributed by atoms with van der Waals surface area (Å²) in [5.74, 6) is 0.173. The summed E-state index contributed by atoms with van der Waals surface area (Å²) in [5, 5.41) is 5.75. The fraction of sp³-hybridized carbons (Fsp3) is 0.364. The highest BCUT2D eigenvalue weighted by atomic mass is 16.5. The van der Waals surface area contributed by atoms with Crippen LogP contribution >= 0.6 is 0 Å². The number of benzene rings is 2. The molecular weight excluding hydrogens is 340 g/mol. The molecule has 0 aliphatic carbocycles. The van der Waals surface area contributed by atoms with E-state index in [2.05, 4.69) is 10.6 Å². The fourth-order valence-electron chi connectivity index (χ4n) is 2.70. The fourth-order valence-corrected chi connectivity index (χ4v) is 2.70. The molecule has 0 aromatic heterocycles. The summed E-state index contributed by atoms with van der Waals surface area (Å²) in [5.41, 5.74) is 1.69. The molecule has 5 nitrogen and oxygen atoms in total. The van der Waals surface area contributed by atoms with Gasteiger partial charge in [-0.1, -0.05) is 37.3 Å². The number of carbonyl (C=O) groups is 2. The summed E-state index contributed by atoms with van der Waals surface area (Å²) in [6.45, 7) is 5.76. The lowest BCUT2D eigenvalue weighted by Crippen LogP contribution is -2.45. The molecule has 0 fully saturated rings. The molecule has 0 spiro atoms. The number of anilines is 1. The van der Waals surface area contributed by atoms with Gasteiger partial charge in [0.2, 0.25) is 11.8 Å². The Morgan fingerprint density at radius 1 is 1.04 bits per heavy atom. The third-order valence-electron chi connectivity index (χ3n) is 4.62. The Morgan fingerprint density at radius 3 is 2.48 bits per heavy atom. The van der Waals surface area contributed by atoms with Crippen molar-refractivity contribution in [3.05, 3.63) is 59.7 Å². The number of para-hydroxylation sites is 1. The summed E-state index contributed by atoms with van der Waals surface area (Å²) < 4.78 is 5.20. The molecule has 0 aliphatic rings. The first-order valence-electron chi connectivity index (χ1n) is 9.19. The molecule has 27 heavy (non-hydrogen) atoms. The Bertz CT molecular complexity index is 800. The normalized spacial score (nSPS) is 11.0. The van der Waals surface area contributed by atoms with Crippen molar-refractivity contribution in [2.24, 2.45) is 5.41 Å². The second-order valence-electron chi connectivity index (χ2n) is 6.95. The number of carbonyl (C=O) groups excluding carboxylic acids is 2. The van der Waals surface area contributed by atoms with E-state index in [0.29, 0.717) is 13.0 Å². The average molecular weight is 368 g/mol. The number of nitrogens with one attached hydrogen (secondary N) is 2. The molecule has 0 heterocycles. The highest BCUT2D eigenvalue weighted by Gasteiger charge is 2.36. The Labute approximate surface area is 161 Å². The third-order valence-corrected chi connectivity index (χ3v) is 4.62. The highest BCUT2D eigenvalue weighted by molar-refractivity contribution is 6.10. The molecule has 2 amide bonds. The second-order valence-corrected chi connectivity index (χ2v) is 6.95. The first-order chi connectivity index (χ1) is 12.9. The Hall–Kier alpha value is -2.82.